The standard InChI is InChI=1S/C21H26O6/c1-5-7-11-9-15(24)26-19-12-10-14(23)21(3,4)27-20(12)17(13(22)8-6-2)18(25)16(11)19/h9,14,23,25H,5-8,10H2,1-4H3. The minimum Gasteiger partial charge on any atom is -0.506 e. The lowest BCUT2D eigenvalue weighted by Crippen LogP contribution is -2.46. The predicted octanol–water partition coefficient (Wildman–Crippen LogP) is 3.51. The topological polar surface area (TPSA) is 97.0 Å². The van der Waals surface area contributed by atoms with Crippen LogP contribution in [0.25, 0.3) is 11.0 Å². The number of carbonyl (C=O) groups is 1. The van der Waals surface area contributed by atoms with Gasteiger partial charge >= 0.3 is 5.63 Å². The Balaban J connectivity index is 2.44. The quantitative estimate of drug-likeness (QED) is 0.614. The highest BCUT2D eigenvalue weighted by atomic mass is 16.5. The Labute approximate surface area is 157 Å². The molecule has 2 aromatic rings. The summed E-state index contributed by atoms with van der Waals surface area (Å²) in [5.74, 6) is -0.221. The number of ether oxygens (including phenoxy) is 1. The highest BCUT2D eigenvalue weighted by Crippen LogP contribution is 2.47. The van der Waals surface area contributed by atoms with Crippen LogP contribution in [0.5, 0.6) is 11.5 Å². The monoisotopic (exact) mass is 374 g/mol. The summed E-state index contributed by atoms with van der Waals surface area (Å²) in [4.78, 5) is 24.9. The van der Waals surface area contributed by atoms with Crippen molar-refractivity contribution in [3.8, 4) is 11.5 Å². The minimum atomic E-state index is -0.935. The van der Waals surface area contributed by atoms with E-state index in [4.69, 9.17) is 9.15 Å². The van der Waals surface area contributed by atoms with Gasteiger partial charge in [0, 0.05) is 24.5 Å². The second-order valence-corrected chi connectivity index (χ2v) is 7.67. The molecule has 146 valence electrons. The van der Waals surface area contributed by atoms with E-state index in [9.17, 15) is 19.8 Å². The fourth-order valence-corrected chi connectivity index (χ4v) is 3.65. The Morgan fingerprint density at radius 1 is 1.30 bits per heavy atom. The van der Waals surface area contributed by atoms with Crippen LogP contribution in [-0.2, 0) is 12.8 Å². The number of fused-ring (bicyclic) bond motifs is 3. The first-order valence-electron chi connectivity index (χ1n) is 9.46. The molecule has 1 aromatic carbocycles. The van der Waals surface area contributed by atoms with Crippen molar-refractivity contribution in [1.29, 1.82) is 0 Å². The molecule has 0 aliphatic carbocycles. The van der Waals surface area contributed by atoms with Crippen molar-refractivity contribution < 1.29 is 24.2 Å². The number of rotatable bonds is 5. The Morgan fingerprint density at radius 3 is 2.63 bits per heavy atom. The van der Waals surface area contributed by atoms with Crippen LogP contribution in [0.1, 0.15) is 68.4 Å². The van der Waals surface area contributed by atoms with Crippen molar-refractivity contribution in [2.24, 2.45) is 0 Å². The zero-order chi connectivity index (χ0) is 19.9. The Morgan fingerprint density at radius 2 is 2.00 bits per heavy atom. The lowest BCUT2D eigenvalue weighted by Gasteiger charge is -2.38. The number of hydrogen-bond acceptors (Lipinski definition) is 6. The summed E-state index contributed by atoms with van der Waals surface area (Å²) in [6.07, 6.45) is 1.54. The van der Waals surface area contributed by atoms with E-state index in [-0.39, 0.29) is 41.3 Å². The molecule has 2 N–H and O–H groups in total. The number of benzene rings is 1. The molecular formula is C21H26O6. The third kappa shape index (κ3) is 3.23. The summed E-state index contributed by atoms with van der Waals surface area (Å²) >= 11 is 0. The van der Waals surface area contributed by atoms with Gasteiger partial charge in [-0.1, -0.05) is 20.3 Å². The fourth-order valence-electron chi connectivity index (χ4n) is 3.65. The average Bonchev–Trinajstić information content (AvgIpc) is 2.57. The molecule has 2 heterocycles. The van der Waals surface area contributed by atoms with Gasteiger partial charge in [-0.3, -0.25) is 4.79 Å². The number of hydrogen-bond donors (Lipinski definition) is 2. The first kappa shape index (κ1) is 19.4. The maximum atomic E-state index is 12.8. The van der Waals surface area contributed by atoms with Gasteiger partial charge in [0.1, 0.15) is 28.2 Å². The molecule has 0 fully saturated rings. The molecule has 0 saturated heterocycles. The van der Waals surface area contributed by atoms with E-state index in [0.717, 1.165) is 6.42 Å². The molecule has 1 aromatic heterocycles. The van der Waals surface area contributed by atoms with Crippen LogP contribution in [0.2, 0.25) is 0 Å². The number of aliphatic hydroxyl groups excluding tert-OH is 1. The van der Waals surface area contributed by atoms with Crippen molar-refractivity contribution in [2.45, 2.75) is 71.5 Å². The summed E-state index contributed by atoms with van der Waals surface area (Å²) in [5.41, 5.74) is -0.0560. The third-order valence-electron chi connectivity index (χ3n) is 5.13. The Bertz CT molecular complexity index is 954. The predicted molar refractivity (Wildman–Crippen MR) is 102 cm³/mol. The van der Waals surface area contributed by atoms with Crippen molar-refractivity contribution in [2.75, 3.05) is 0 Å². The highest BCUT2D eigenvalue weighted by molar-refractivity contribution is 6.08. The number of phenolic OH excluding ortho intramolecular Hbond substituents is 1. The fraction of sp³-hybridized carbons (Fsp3) is 0.524. The number of Topliss-reactive ketones (excluding diaryl/α,β-unsaturated/α-hetero) is 1. The van der Waals surface area contributed by atoms with Gasteiger partial charge in [-0.2, -0.15) is 0 Å². The molecule has 0 saturated carbocycles. The summed E-state index contributed by atoms with van der Waals surface area (Å²) in [6.45, 7) is 7.30. The number of aliphatic hydroxyl groups is 1. The number of carbonyl (C=O) groups excluding carboxylic acids is 1. The van der Waals surface area contributed by atoms with Crippen LogP contribution in [0.15, 0.2) is 15.3 Å². The van der Waals surface area contributed by atoms with Crippen molar-refractivity contribution in [3.63, 3.8) is 0 Å². The maximum absolute atomic E-state index is 12.8. The number of ketones is 1. The lowest BCUT2D eigenvalue weighted by molar-refractivity contribution is -0.0414. The van der Waals surface area contributed by atoms with E-state index in [1.54, 1.807) is 13.8 Å². The number of aryl methyl sites for hydroxylation is 1. The molecule has 1 unspecified atom stereocenters. The number of phenols is 1. The van der Waals surface area contributed by atoms with Gasteiger partial charge in [-0.25, -0.2) is 4.79 Å². The van der Waals surface area contributed by atoms with E-state index in [2.05, 4.69) is 0 Å². The molecule has 6 nitrogen and oxygen atoms in total. The van der Waals surface area contributed by atoms with Gasteiger partial charge < -0.3 is 19.4 Å². The molecule has 1 aliphatic heterocycles. The van der Waals surface area contributed by atoms with E-state index in [1.807, 2.05) is 13.8 Å². The van der Waals surface area contributed by atoms with E-state index >= 15 is 0 Å². The second kappa shape index (κ2) is 7.00. The molecule has 3 rings (SSSR count). The highest BCUT2D eigenvalue weighted by Gasteiger charge is 2.41. The van der Waals surface area contributed by atoms with Crippen LogP contribution < -0.4 is 10.4 Å². The Hall–Kier alpha value is -2.34. The van der Waals surface area contributed by atoms with Gasteiger partial charge in [0.2, 0.25) is 0 Å². The first-order chi connectivity index (χ1) is 12.7. The molecule has 0 bridgehead atoms. The van der Waals surface area contributed by atoms with Crippen LogP contribution >= 0.6 is 0 Å². The molecule has 6 heteroatoms. The van der Waals surface area contributed by atoms with Crippen molar-refractivity contribution >= 4 is 16.8 Å². The van der Waals surface area contributed by atoms with Crippen LogP contribution in [0.4, 0.5) is 0 Å². The van der Waals surface area contributed by atoms with Crippen LogP contribution in [0, 0.1) is 0 Å². The smallest absolute Gasteiger partial charge is 0.336 e. The normalized spacial score (nSPS) is 18.2. The van der Waals surface area contributed by atoms with Gasteiger partial charge in [0.25, 0.3) is 0 Å². The van der Waals surface area contributed by atoms with E-state index in [1.165, 1.54) is 6.07 Å². The SMILES string of the molecule is CCCC(=O)c1c2c(c3oc(=O)cc(CCC)c3c1O)CC(O)C(C)(C)O2. The zero-order valence-corrected chi connectivity index (χ0v) is 16.2. The summed E-state index contributed by atoms with van der Waals surface area (Å²) in [5, 5.41) is 21.9. The van der Waals surface area contributed by atoms with Crippen molar-refractivity contribution in [3.05, 3.63) is 33.2 Å². The summed E-state index contributed by atoms with van der Waals surface area (Å²) in [6, 6.07) is 1.36. The molecule has 1 atom stereocenters. The maximum Gasteiger partial charge on any atom is 0.336 e. The van der Waals surface area contributed by atoms with Gasteiger partial charge in [-0.15, -0.1) is 0 Å². The molecule has 0 radical (unpaired) electrons. The number of aromatic hydroxyl groups is 1. The van der Waals surface area contributed by atoms with Crippen LogP contribution in [0.3, 0.4) is 0 Å². The Kier molecular flexibility index (Phi) is 5.04. The summed E-state index contributed by atoms with van der Waals surface area (Å²) < 4.78 is 11.4. The van der Waals surface area contributed by atoms with Gasteiger partial charge in [0.05, 0.1) is 11.5 Å². The third-order valence-corrected chi connectivity index (χ3v) is 5.13. The summed E-state index contributed by atoms with van der Waals surface area (Å²) in [7, 11) is 0. The van der Waals surface area contributed by atoms with Gasteiger partial charge in [0.15, 0.2) is 5.78 Å². The molecule has 27 heavy (non-hydrogen) atoms. The molecule has 1 aliphatic rings. The minimum absolute atomic E-state index is 0.116. The molecule has 0 amide bonds. The lowest BCUT2D eigenvalue weighted by atomic mass is 9.86. The zero-order valence-electron chi connectivity index (χ0n) is 16.2. The first-order valence-corrected chi connectivity index (χ1v) is 9.46. The van der Waals surface area contributed by atoms with Gasteiger partial charge in [-0.05, 0) is 32.3 Å². The van der Waals surface area contributed by atoms with E-state index in [0.29, 0.717) is 29.4 Å². The second-order valence-electron chi connectivity index (χ2n) is 7.67. The van der Waals surface area contributed by atoms with Crippen LogP contribution in [-0.4, -0.2) is 27.7 Å². The molecular weight excluding hydrogens is 348 g/mol. The average molecular weight is 374 g/mol. The van der Waals surface area contributed by atoms with E-state index < -0.39 is 17.3 Å². The molecule has 0 spiro atoms. The van der Waals surface area contributed by atoms with Crippen molar-refractivity contribution in [1.82, 2.24) is 0 Å². The largest absolute Gasteiger partial charge is 0.506 e.